The SMILES string of the molecule is C=CC1=C(/N=C\C)N2CCN(CCC)CC2CCO1. The second-order valence-corrected chi connectivity index (χ2v) is 5.06. The zero-order valence-corrected chi connectivity index (χ0v) is 12.1. The summed E-state index contributed by atoms with van der Waals surface area (Å²) in [7, 11) is 0. The van der Waals surface area contributed by atoms with Gasteiger partial charge in [-0.3, -0.25) is 4.90 Å². The van der Waals surface area contributed by atoms with Gasteiger partial charge >= 0.3 is 0 Å². The van der Waals surface area contributed by atoms with Crippen molar-refractivity contribution in [1.29, 1.82) is 0 Å². The highest BCUT2D eigenvalue weighted by Crippen LogP contribution is 2.26. The lowest BCUT2D eigenvalue weighted by atomic mass is 10.1. The Kier molecular flexibility index (Phi) is 5.02. The number of piperazine rings is 1. The number of allylic oxidation sites excluding steroid dienone is 1. The molecule has 4 nitrogen and oxygen atoms in total. The van der Waals surface area contributed by atoms with E-state index in [1.54, 1.807) is 6.08 Å². The molecule has 1 unspecified atom stereocenters. The summed E-state index contributed by atoms with van der Waals surface area (Å²) < 4.78 is 5.79. The van der Waals surface area contributed by atoms with Crippen LogP contribution in [0.3, 0.4) is 0 Å². The first-order chi connectivity index (χ1) is 9.30. The topological polar surface area (TPSA) is 28.1 Å². The molecule has 0 aromatic rings. The van der Waals surface area contributed by atoms with E-state index in [1.807, 2.05) is 13.1 Å². The van der Waals surface area contributed by atoms with Crippen LogP contribution in [0.1, 0.15) is 26.7 Å². The average Bonchev–Trinajstić information content (AvgIpc) is 2.59. The van der Waals surface area contributed by atoms with Crippen molar-refractivity contribution in [3.05, 3.63) is 24.2 Å². The Hall–Kier alpha value is -1.29. The van der Waals surface area contributed by atoms with Gasteiger partial charge in [-0.1, -0.05) is 13.5 Å². The van der Waals surface area contributed by atoms with Gasteiger partial charge in [0.1, 0.15) is 0 Å². The molecule has 0 spiro atoms. The highest BCUT2D eigenvalue weighted by atomic mass is 16.5. The number of ether oxygens (including phenoxy) is 1. The standard InChI is InChI=1S/C15H25N3O/c1-4-8-17-9-10-18-13(12-17)7-11-19-14(5-2)15(18)16-6-3/h5-6,13H,2,4,7-12H2,1,3H3/b16-6-. The summed E-state index contributed by atoms with van der Waals surface area (Å²) in [6.45, 7) is 13.2. The van der Waals surface area contributed by atoms with Gasteiger partial charge in [0.15, 0.2) is 11.6 Å². The van der Waals surface area contributed by atoms with Crippen molar-refractivity contribution in [2.75, 3.05) is 32.8 Å². The van der Waals surface area contributed by atoms with E-state index in [0.717, 1.165) is 44.2 Å². The fourth-order valence-corrected chi connectivity index (χ4v) is 2.89. The minimum atomic E-state index is 0.511. The van der Waals surface area contributed by atoms with Crippen LogP contribution >= 0.6 is 0 Å². The molecule has 2 aliphatic heterocycles. The Labute approximate surface area is 116 Å². The van der Waals surface area contributed by atoms with Crippen LogP contribution in [0, 0.1) is 0 Å². The van der Waals surface area contributed by atoms with Gasteiger partial charge in [0.2, 0.25) is 0 Å². The molecule has 2 aliphatic rings. The van der Waals surface area contributed by atoms with Crippen LogP contribution in [-0.2, 0) is 4.74 Å². The molecular weight excluding hydrogens is 238 g/mol. The third-order valence-corrected chi connectivity index (χ3v) is 3.74. The highest BCUT2D eigenvalue weighted by Gasteiger charge is 2.31. The van der Waals surface area contributed by atoms with E-state index in [1.165, 1.54) is 13.0 Å². The van der Waals surface area contributed by atoms with Gasteiger partial charge in [-0.2, -0.15) is 0 Å². The van der Waals surface area contributed by atoms with Gasteiger partial charge in [0, 0.05) is 38.3 Å². The molecule has 0 aliphatic carbocycles. The molecule has 1 fully saturated rings. The number of hydrogen-bond donors (Lipinski definition) is 0. The fraction of sp³-hybridized carbons (Fsp3) is 0.667. The zero-order chi connectivity index (χ0) is 13.7. The maximum absolute atomic E-state index is 5.79. The van der Waals surface area contributed by atoms with Crippen LogP contribution in [-0.4, -0.2) is 54.8 Å². The predicted molar refractivity (Wildman–Crippen MR) is 79.2 cm³/mol. The molecule has 0 bridgehead atoms. The van der Waals surface area contributed by atoms with Gasteiger partial charge in [0.25, 0.3) is 0 Å². The van der Waals surface area contributed by atoms with Crippen LogP contribution < -0.4 is 0 Å². The second-order valence-electron chi connectivity index (χ2n) is 5.06. The molecule has 0 saturated carbocycles. The van der Waals surface area contributed by atoms with E-state index in [-0.39, 0.29) is 0 Å². The first kappa shape index (κ1) is 14.1. The van der Waals surface area contributed by atoms with E-state index in [4.69, 9.17) is 4.74 Å². The lowest BCUT2D eigenvalue weighted by Gasteiger charge is -2.41. The molecule has 0 N–H and O–H groups in total. The van der Waals surface area contributed by atoms with Crippen molar-refractivity contribution >= 4 is 6.21 Å². The van der Waals surface area contributed by atoms with E-state index < -0.39 is 0 Å². The molecule has 1 saturated heterocycles. The van der Waals surface area contributed by atoms with E-state index in [9.17, 15) is 0 Å². The van der Waals surface area contributed by atoms with Crippen molar-refractivity contribution in [3.63, 3.8) is 0 Å². The number of rotatable bonds is 4. The molecule has 2 rings (SSSR count). The fourth-order valence-electron chi connectivity index (χ4n) is 2.89. The molecule has 0 amide bonds. The Balaban J connectivity index is 2.19. The molecule has 2 heterocycles. The van der Waals surface area contributed by atoms with Gasteiger partial charge < -0.3 is 9.64 Å². The van der Waals surface area contributed by atoms with Crippen LogP contribution in [0.4, 0.5) is 0 Å². The monoisotopic (exact) mass is 263 g/mol. The third kappa shape index (κ3) is 3.18. The number of nitrogens with zero attached hydrogens (tertiary/aromatic N) is 3. The number of hydrogen-bond acceptors (Lipinski definition) is 4. The second kappa shape index (κ2) is 6.75. The van der Waals surface area contributed by atoms with Crippen molar-refractivity contribution in [3.8, 4) is 0 Å². The van der Waals surface area contributed by atoms with Crippen LogP contribution in [0.5, 0.6) is 0 Å². The normalized spacial score (nSPS) is 25.2. The first-order valence-corrected chi connectivity index (χ1v) is 7.27. The minimum Gasteiger partial charge on any atom is -0.490 e. The van der Waals surface area contributed by atoms with E-state index in [0.29, 0.717) is 6.04 Å². The molecule has 19 heavy (non-hydrogen) atoms. The molecule has 1 atom stereocenters. The smallest absolute Gasteiger partial charge is 0.171 e. The van der Waals surface area contributed by atoms with Crippen molar-refractivity contribution < 1.29 is 4.74 Å². The molecule has 4 heteroatoms. The summed E-state index contributed by atoms with van der Waals surface area (Å²) in [5.41, 5.74) is 0. The average molecular weight is 263 g/mol. The third-order valence-electron chi connectivity index (χ3n) is 3.74. The summed E-state index contributed by atoms with van der Waals surface area (Å²) in [5, 5.41) is 0. The van der Waals surface area contributed by atoms with Crippen LogP contribution in [0.15, 0.2) is 29.2 Å². The predicted octanol–water partition coefficient (Wildman–Crippen LogP) is 2.25. The summed E-state index contributed by atoms with van der Waals surface area (Å²) >= 11 is 0. The number of fused-ring (bicyclic) bond motifs is 1. The summed E-state index contributed by atoms with van der Waals surface area (Å²) in [6.07, 6.45) is 5.89. The molecule has 106 valence electrons. The molecule has 0 aromatic carbocycles. The van der Waals surface area contributed by atoms with E-state index >= 15 is 0 Å². The number of aliphatic imine (C=N–C) groups is 1. The Bertz CT molecular complexity index is 376. The first-order valence-electron chi connectivity index (χ1n) is 7.27. The zero-order valence-electron chi connectivity index (χ0n) is 12.1. The van der Waals surface area contributed by atoms with E-state index in [2.05, 4.69) is 28.3 Å². The minimum absolute atomic E-state index is 0.511. The van der Waals surface area contributed by atoms with Crippen LogP contribution in [0.25, 0.3) is 0 Å². The lowest BCUT2D eigenvalue weighted by Crippen LogP contribution is -2.52. The summed E-state index contributed by atoms with van der Waals surface area (Å²) in [4.78, 5) is 9.46. The maximum Gasteiger partial charge on any atom is 0.171 e. The Morgan fingerprint density at radius 3 is 3.00 bits per heavy atom. The quantitative estimate of drug-likeness (QED) is 0.728. The summed E-state index contributed by atoms with van der Waals surface area (Å²) in [6, 6.07) is 0.511. The van der Waals surface area contributed by atoms with Gasteiger partial charge in [-0.15, -0.1) is 0 Å². The largest absolute Gasteiger partial charge is 0.490 e. The van der Waals surface area contributed by atoms with Crippen molar-refractivity contribution in [2.45, 2.75) is 32.7 Å². The lowest BCUT2D eigenvalue weighted by molar-refractivity contribution is 0.0946. The maximum atomic E-state index is 5.79. The highest BCUT2D eigenvalue weighted by molar-refractivity contribution is 5.55. The molecule has 0 aromatic heterocycles. The van der Waals surface area contributed by atoms with Crippen molar-refractivity contribution in [1.82, 2.24) is 9.80 Å². The summed E-state index contributed by atoms with van der Waals surface area (Å²) in [5.74, 6) is 1.78. The van der Waals surface area contributed by atoms with Crippen LogP contribution in [0.2, 0.25) is 0 Å². The van der Waals surface area contributed by atoms with Crippen molar-refractivity contribution in [2.24, 2.45) is 4.99 Å². The van der Waals surface area contributed by atoms with Gasteiger partial charge in [-0.05, 0) is 26.0 Å². The van der Waals surface area contributed by atoms with Gasteiger partial charge in [0.05, 0.1) is 6.61 Å². The Morgan fingerprint density at radius 1 is 1.47 bits per heavy atom. The Morgan fingerprint density at radius 2 is 2.32 bits per heavy atom. The van der Waals surface area contributed by atoms with Gasteiger partial charge in [-0.25, -0.2) is 4.99 Å². The molecular formula is C15H25N3O. The molecule has 0 radical (unpaired) electrons.